The average molecular weight is 257 g/mol. The third-order valence-electron chi connectivity index (χ3n) is 3.18. The second-order valence-corrected chi connectivity index (χ2v) is 4.98. The zero-order chi connectivity index (χ0) is 13.7. The van der Waals surface area contributed by atoms with Gasteiger partial charge in [-0.2, -0.15) is 0 Å². The lowest BCUT2D eigenvalue weighted by atomic mass is 10.1. The first-order chi connectivity index (χ1) is 9.20. The number of aliphatic hydroxyl groups is 1. The van der Waals surface area contributed by atoms with E-state index in [9.17, 15) is 4.79 Å². The van der Waals surface area contributed by atoms with Gasteiger partial charge in [0, 0.05) is 31.1 Å². The molecule has 0 atom stereocenters. The zero-order valence-corrected chi connectivity index (χ0v) is 11.2. The van der Waals surface area contributed by atoms with Crippen molar-refractivity contribution < 1.29 is 9.90 Å². The van der Waals surface area contributed by atoms with Crippen molar-refractivity contribution in [2.24, 2.45) is 5.92 Å². The summed E-state index contributed by atoms with van der Waals surface area (Å²) in [4.78, 5) is 13.9. The molecular formula is C16H19NO2. The molecule has 0 saturated heterocycles. The minimum atomic E-state index is 0.0711. The second kappa shape index (κ2) is 6.40. The zero-order valence-electron chi connectivity index (χ0n) is 11.2. The van der Waals surface area contributed by atoms with Crippen molar-refractivity contribution in [3.63, 3.8) is 0 Å². The van der Waals surface area contributed by atoms with Gasteiger partial charge in [0.05, 0.1) is 6.61 Å². The summed E-state index contributed by atoms with van der Waals surface area (Å²) in [5, 5.41) is 8.65. The molecule has 1 saturated carbocycles. The molecule has 1 fully saturated rings. The summed E-state index contributed by atoms with van der Waals surface area (Å²) in [6.45, 7) is 0.937. The minimum absolute atomic E-state index is 0.0711. The number of carbonyl (C=O) groups is 1. The predicted molar refractivity (Wildman–Crippen MR) is 74.7 cm³/mol. The number of hydrogen-bond acceptors (Lipinski definition) is 2. The summed E-state index contributed by atoms with van der Waals surface area (Å²) in [6, 6.07) is 7.33. The van der Waals surface area contributed by atoms with Crippen molar-refractivity contribution in [2.45, 2.75) is 19.3 Å². The molecule has 0 aliphatic heterocycles. The normalized spacial score (nSPS) is 13.6. The summed E-state index contributed by atoms with van der Waals surface area (Å²) < 4.78 is 0. The Labute approximate surface area is 114 Å². The number of nitrogens with zero attached hydrogens (tertiary/aromatic N) is 1. The molecule has 100 valence electrons. The number of hydrogen-bond donors (Lipinski definition) is 1. The maximum Gasteiger partial charge on any atom is 0.253 e. The molecule has 1 aromatic rings. The van der Waals surface area contributed by atoms with Crippen LogP contribution in [0.3, 0.4) is 0 Å². The molecule has 0 radical (unpaired) electrons. The van der Waals surface area contributed by atoms with Crippen molar-refractivity contribution in [3.05, 3.63) is 35.4 Å². The van der Waals surface area contributed by atoms with E-state index in [0.717, 1.165) is 12.1 Å². The van der Waals surface area contributed by atoms with Crippen molar-refractivity contribution >= 4 is 5.91 Å². The van der Waals surface area contributed by atoms with E-state index in [0.29, 0.717) is 17.9 Å². The maximum atomic E-state index is 12.1. The van der Waals surface area contributed by atoms with E-state index in [4.69, 9.17) is 5.11 Å². The van der Waals surface area contributed by atoms with Crippen LogP contribution in [0.15, 0.2) is 24.3 Å². The van der Waals surface area contributed by atoms with Gasteiger partial charge in [0.15, 0.2) is 0 Å². The predicted octanol–water partition coefficient (Wildman–Crippen LogP) is 1.90. The van der Waals surface area contributed by atoms with Gasteiger partial charge >= 0.3 is 0 Å². The van der Waals surface area contributed by atoms with Gasteiger partial charge < -0.3 is 10.0 Å². The molecule has 1 aromatic carbocycles. The summed E-state index contributed by atoms with van der Waals surface area (Å²) in [7, 11) is 1.86. The Morgan fingerprint density at radius 1 is 1.37 bits per heavy atom. The maximum absolute atomic E-state index is 12.1. The highest BCUT2D eigenvalue weighted by Gasteiger charge is 2.25. The summed E-state index contributed by atoms with van der Waals surface area (Å²) in [6.07, 6.45) is 2.97. The van der Waals surface area contributed by atoms with Crippen LogP contribution in [0.4, 0.5) is 0 Å². The first-order valence-electron chi connectivity index (χ1n) is 6.66. The molecule has 0 bridgehead atoms. The molecule has 3 heteroatoms. The first-order valence-corrected chi connectivity index (χ1v) is 6.66. The van der Waals surface area contributed by atoms with Crippen molar-refractivity contribution in [1.29, 1.82) is 0 Å². The Balaban J connectivity index is 1.97. The molecule has 1 N–H and O–H groups in total. The lowest BCUT2D eigenvalue weighted by Gasteiger charge is -2.16. The van der Waals surface area contributed by atoms with Gasteiger partial charge in [-0.05, 0) is 43.0 Å². The van der Waals surface area contributed by atoms with Crippen LogP contribution >= 0.6 is 0 Å². The van der Waals surface area contributed by atoms with Crippen LogP contribution in [0.1, 0.15) is 35.2 Å². The number of benzene rings is 1. The van der Waals surface area contributed by atoms with Gasteiger partial charge in [0.2, 0.25) is 0 Å². The molecule has 1 amide bonds. The highest BCUT2D eigenvalue weighted by Crippen LogP contribution is 2.29. The van der Waals surface area contributed by atoms with Gasteiger partial charge in [-0.3, -0.25) is 4.79 Å². The minimum Gasteiger partial charge on any atom is -0.395 e. The molecule has 0 spiro atoms. The van der Waals surface area contributed by atoms with E-state index in [1.165, 1.54) is 12.8 Å². The van der Waals surface area contributed by atoms with Crippen molar-refractivity contribution in [2.75, 3.05) is 20.2 Å². The number of amides is 1. The molecule has 2 rings (SSSR count). The summed E-state index contributed by atoms with van der Waals surface area (Å²) in [5.41, 5.74) is 1.57. The smallest absolute Gasteiger partial charge is 0.253 e. The number of rotatable bonds is 4. The average Bonchev–Trinajstić information content (AvgIpc) is 3.23. The van der Waals surface area contributed by atoms with Crippen LogP contribution in [0, 0.1) is 17.8 Å². The Morgan fingerprint density at radius 2 is 2.05 bits per heavy atom. The molecule has 1 aliphatic carbocycles. The van der Waals surface area contributed by atoms with Gasteiger partial charge in [0.25, 0.3) is 5.91 Å². The third-order valence-corrected chi connectivity index (χ3v) is 3.18. The van der Waals surface area contributed by atoms with Crippen LogP contribution in [0.25, 0.3) is 0 Å². The van der Waals surface area contributed by atoms with Crippen LogP contribution in [0.2, 0.25) is 0 Å². The van der Waals surface area contributed by atoms with E-state index in [2.05, 4.69) is 11.8 Å². The Morgan fingerprint density at radius 3 is 2.63 bits per heavy atom. The lowest BCUT2D eigenvalue weighted by Crippen LogP contribution is -2.28. The van der Waals surface area contributed by atoms with Crippen LogP contribution in [0.5, 0.6) is 0 Å². The van der Waals surface area contributed by atoms with Gasteiger partial charge in [0.1, 0.15) is 0 Å². The van der Waals surface area contributed by atoms with Gasteiger partial charge in [-0.1, -0.05) is 11.8 Å². The molecular weight excluding hydrogens is 238 g/mol. The van der Waals surface area contributed by atoms with Crippen molar-refractivity contribution in [1.82, 2.24) is 4.90 Å². The molecule has 0 heterocycles. The SMILES string of the molecule is CN(CC1CC1)C(=O)c1ccc(C#CCCO)cc1. The van der Waals surface area contributed by atoms with E-state index < -0.39 is 0 Å². The first kappa shape index (κ1) is 13.6. The fourth-order valence-corrected chi connectivity index (χ4v) is 1.91. The topological polar surface area (TPSA) is 40.5 Å². The fourth-order valence-electron chi connectivity index (χ4n) is 1.91. The van der Waals surface area contributed by atoms with E-state index in [1.54, 1.807) is 4.90 Å². The third kappa shape index (κ3) is 4.11. The lowest BCUT2D eigenvalue weighted by molar-refractivity contribution is 0.0788. The molecule has 0 unspecified atom stereocenters. The monoisotopic (exact) mass is 257 g/mol. The van der Waals surface area contributed by atoms with Gasteiger partial charge in [-0.25, -0.2) is 0 Å². The van der Waals surface area contributed by atoms with Gasteiger partial charge in [-0.15, -0.1) is 0 Å². The number of carbonyl (C=O) groups excluding carboxylic acids is 1. The Kier molecular flexibility index (Phi) is 4.59. The summed E-state index contributed by atoms with van der Waals surface area (Å²) >= 11 is 0. The highest BCUT2D eigenvalue weighted by molar-refractivity contribution is 5.94. The molecule has 1 aliphatic rings. The Hall–Kier alpha value is -1.79. The van der Waals surface area contributed by atoms with Crippen LogP contribution in [-0.2, 0) is 0 Å². The van der Waals surface area contributed by atoms with E-state index in [1.807, 2.05) is 31.3 Å². The standard InChI is InChI=1S/C16H19NO2/c1-17(12-14-5-6-14)16(19)15-9-7-13(8-10-15)4-2-3-11-18/h7-10,14,18H,3,5-6,11-12H2,1H3. The number of aliphatic hydroxyl groups excluding tert-OH is 1. The quantitative estimate of drug-likeness (QED) is 0.837. The van der Waals surface area contributed by atoms with Crippen LogP contribution < -0.4 is 0 Å². The Bertz CT molecular complexity index is 492. The summed E-state index contributed by atoms with van der Waals surface area (Å²) in [5.74, 6) is 6.59. The van der Waals surface area contributed by atoms with E-state index >= 15 is 0 Å². The molecule has 0 aromatic heterocycles. The molecule has 3 nitrogen and oxygen atoms in total. The second-order valence-electron chi connectivity index (χ2n) is 4.98. The van der Waals surface area contributed by atoms with Crippen molar-refractivity contribution in [3.8, 4) is 11.8 Å². The highest BCUT2D eigenvalue weighted by atomic mass is 16.2. The van der Waals surface area contributed by atoms with Crippen LogP contribution in [-0.4, -0.2) is 36.1 Å². The largest absolute Gasteiger partial charge is 0.395 e. The fraction of sp³-hybridized carbons (Fsp3) is 0.438. The molecule has 19 heavy (non-hydrogen) atoms. The van der Waals surface area contributed by atoms with E-state index in [-0.39, 0.29) is 12.5 Å².